The van der Waals surface area contributed by atoms with Gasteiger partial charge in [-0.25, -0.2) is 0 Å². The summed E-state index contributed by atoms with van der Waals surface area (Å²) >= 11 is 0. The van der Waals surface area contributed by atoms with Crippen LogP contribution in [0.1, 0.15) is 23.7 Å². The van der Waals surface area contributed by atoms with Crippen molar-refractivity contribution in [3.05, 3.63) is 24.0 Å². The maximum atomic E-state index is 11.8. The standard InChI is InChI=1S/C11H17N3O/c1-4-6-13-10-5-7-12-8-9(10)11(15)14(2)3/h5,7-8H,4,6H2,1-3H3,(H,12,13). The molecule has 82 valence electrons. The summed E-state index contributed by atoms with van der Waals surface area (Å²) in [6.45, 7) is 2.94. The van der Waals surface area contributed by atoms with Crippen molar-refractivity contribution in [1.29, 1.82) is 0 Å². The molecule has 0 fully saturated rings. The first kappa shape index (κ1) is 11.5. The van der Waals surface area contributed by atoms with E-state index in [9.17, 15) is 4.79 Å². The van der Waals surface area contributed by atoms with Gasteiger partial charge < -0.3 is 10.2 Å². The van der Waals surface area contributed by atoms with Crippen molar-refractivity contribution in [2.45, 2.75) is 13.3 Å². The molecule has 1 amide bonds. The van der Waals surface area contributed by atoms with E-state index in [0.717, 1.165) is 18.7 Å². The summed E-state index contributed by atoms with van der Waals surface area (Å²) < 4.78 is 0. The molecule has 1 aromatic rings. The second-order valence-electron chi connectivity index (χ2n) is 3.55. The van der Waals surface area contributed by atoms with E-state index in [4.69, 9.17) is 0 Å². The predicted molar refractivity (Wildman–Crippen MR) is 61.0 cm³/mol. The first-order chi connectivity index (χ1) is 7.16. The molecule has 1 heterocycles. The summed E-state index contributed by atoms with van der Waals surface area (Å²) in [6, 6.07) is 1.83. The van der Waals surface area contributed by atoms with Crippen molar-refractivity contribution in [3.63, 3.8) is 0 Å². The van der Waals surface area contributed by atoms with Crippen LogP contribution >= 0.6 is 0 Å². The molecule has 4 nitrogen and oxygen atoms in total. The quantitative estimate of drug-likeness (QED) is 0.815. The molecule has 1 aromatic heterocycles. The van der Waals surface area contributed by atoms with E-state index >= 15 is 0 Å². The van der Waals surface area contributed by atoms with Gasteiger partial charge in [-0.15, -0.1) is 0 Å². The van der Waals surface area contributed by atoms with Crippen molar-refractivity contribution in [1.82, 2.24) is 9.88 Å². The number of hydrogen-bond acceptors (Lipinski definition) is 3. The molecule has 0 bridgehead atoms. The Labute approximate surface area is 90.3 Å². The number of anilines is 1. The van der Waals surface area contributed by atoms with Crippen molar-refractivity contribution in [2.24, 2.45) is 0 Å². The van der Waals surface area contributed by atoms with Crippen molar-refractivity contribution in [3.8, 4) is 0 Å². The van der Waals surface area contributed by atoms with Crippen molar-refractivity contribution in [2.75, 3.05) is 26.0 Å². The van der Waals surface area contributed by atoms with Gasteiger partial charge in [0.1, 0.15) is 0 Å². The Morgan fingerprint density at radius 1 is 1.53 bits per heavy atom. The monoisotopic (exact) mass is 207 g/mol. The van der Waals surface area contributed by atoms with Crippen LogP contribution in [0.15, 0.2) is 18.5 Å². The van der Waals surface area contributed by atoms with Crippen LogP contribution in [0.5, 0.6) is 0 Å². The zero-order valence-corrected chi connectivity index (χ0v) is 9.45. The van der Waals surface area contributed by atoms with Gasteiger partial charge in [0.25, 0.3) is 5.91 Å². The van der Waals surface area contributed by atoms with Crippen LogP contribution in [0.2, 0.25) is 0 Å². The fraction of sp³-hybridized carbons (Fsp3) is 0.455. The first-order valence-electron chi connectivity index (χ1n) is 5.06. The zero-order valence-electron chi connectivity index (χ0n) is 9.45. The Hall–Kier alpha value is -1.58. The zero-order chi connectivity index (χ0) is 11.3. The van der Waals surface area contributed by atoms with E-state index < -0.39 is 0 Å². The molecular weight excluding hydrogens is 190 g/mol. The lowest BCUT2D eigenvalue weighted by molar-refractivity contribution is 0.0828. The second kappa shape index (κ2) is 5.34. The first-order valence-corrected chi connectivity index (χ1v) is 5.06. The Bertz CT molecular complexity index is 336. The third kappa shape index (κ3) is 2.94. The molecule has 0 aliphatic rings. The molecule has 1 rings (SSSR count). The van der Waals surface area contributed by atoms with Gasteiger partial charge in [0.15, 0.2) is 0 Å². The summed E-state index contributed by atoms with van der Waals surface area (Å²) in [5.74, 6) is -0.0262. The third-order valence-corrected chi connectivity index (χ3v) is 2.02. The van der Waals surface area contributed by atoms with Crippen LogP contribution in [0, 0.1) is 0 Å². The van der Waals surface area contributed by atoms with Gasteiger partial charge in [-0.1, -0.05) is 6.92 Å². The van der Waals surface area contributed by atoms with E-state index in [1.165, 1.54) is 0 Å². The molecule has 0 radical (unpaired) electrons. The summed E-state index contributed by atoms with van der Waals surface area (Å²) in [4.78, 5) is 17.3. The van der Waals surface area contributed by atoms with Crippen LogP contribution < -0.4 is 5.32 Å². The van der Waals surface area contributed by atoms with Gasteiger partial charge in [-0.2, -0.15) is 0 Å². The number of rotatable bonds is 4. The molecule has 0 aliphatic carbocycles. The minimum Gasteiger partial charge on any atom is -0.384 e. The van der Waals surface area contributed by atoms with Crippen LogP contribution in [0.25, 0.3) is 0 Å². The molecule has 0 unspecified atom stereocenters. The normalized spacial score (nSPS) is 9.80. The molecule has 0 spiro atoms. The van der Waals surface area contributed by atoms with Crippen LogP contribution in [-0.2, 0) is 0 Å². The number of amides is 1. The average Bonchev–Trinajstić information content (AvgIpc) is 2.25. The minimum atomic E-state index is -0.0262. The number of pyridine rings is 1. The number of nitrogens with zero attached hydrogens (tertiary/aromatic N) is 2. The van der Waals surface area contributed by atoms with Gasteiger partial charge in [0.05, 0.1) is 11.3 Å². The molecule has 15 heavy (non-hydrogen) atoms. The number of carbonyl (C=O) groups is 1. The van der Waals surface area contributed by atoms with Crippen molar-refractivity contribution < 1.29 is 4.79 Å². The molecule has 1 N–H and O–H groups in total. The Morgan fingerprint density at radius 3 is 2.87 bits per heavy atom. The maximum absolute atomic E-state index is 11.8. The lowest BCUT2D eigenvalue weighted by Crippen LogP contribution is -2.23. The highest BCUT2D eigenvalue weighted by atomic mass is 16.2. The lowest BCUT2D eigenvalue weighted by Gasteiger charge is -2.14. The van der Waals surface area contributed by atoms with Gasteiger partial charge >= 0.3 is 0 Å². The Morgan fingerprint density at radius 2 is 2.27 bits per heavy atom. The van der Waals surface area contributed by atoms with E-state index in [-0.39, 0.29) is 5.91 Å². The Kier molecular flexibility index (Phi) is 4.09. The lowest BCUT2D eigenvalue weighted by atomic mass is 10.2. The van der Waals surface area contributed by atoms with Crippen molar-refractivity contribution >= 4 is 11.6 Å². The van der Waals surface area contributed by atoms with Crippen LogP contribution in [0.3, 0.4) is 0 Å². The minimum absolute atomic E-state index is 0.0262. The summed E-state index contributed by atoms with van der Waals surface area (Å²) in [5, 5.41) is 3.21. The van der Waals surface area contributed by atoms with Gasteiger partial charge in [0.2, 0.25) is 0 Å². The number of aromatic nitrogens is 1. The van der Waals surface area contributed by atoms with Gasteiger partial charge in [0, 0.05) is 33.0 Å². The SMILES string of the molecule is CCCNc1ccncc1C(=O)N(C)C. The molecule has 4 heteroatoms. The summed E-state index contributed by atoms with van der Waals surface area (Å²) in [6.07, 6.45) is 4.31. The highest BCUT2D eigenvalue weighted by Gasteiger charge is 2.12. The van der Waals surface area contributed by atoms with E-state index in [1.54, 1.807) is 31.4 Å². The fourth-order valence-corrected chi connectivity index (χ4v) is 1.22. The average molecular weight is 207 g/mol. The Balaban J connectivity index is 2.90. The fourth-order valence-electron chi connectivity index (χ4n) is 1.22. The molecule has 0 saturated heterocycles. The molecule has 0 aromatic carbocycles. The molecule has 0 atom stereocenters. The van der Waals surface area contributed by atoms with E-state index in [2.05, 4.69) is 17.2 Å². The van der Waals surface area contributed by atoms with Crippen LogP contribution in [0.4, 0.5) is 5.69 Å². The smallest absolute Gasteiger partial charge is 0.257 e. The van der Waals surface area contributed by atoms with Crippen LogP contribution in [-0.4, -0.2) is 36.4 Å². The van der Waals surface area contributed by atoms with Gasteiger partial charge in [-0.05, 0) is 12.5 Å². The highest BCUT2D eigenvalue weighted by Crippen LogP contribution is 2.14. The third-order valence-electron chi connectivity index (χ3n) is 2.02. The second-order valence-corrected chi connectivity index (χ2v) is 3.55. The number of hydrogen-bond donors (Lipinski definition) is 1. The molecule has 0 aliphatic heterocycles. The van der Waals surface area contributed by atoms with E-state index in [0.29, 0.717) is 5.56 Å². The summed E-state index contributed by atoms with van der Waals surface area (Å²) in [5.41, 5.74) is 1.47. The summed E-state index contributed by atoms with van der Waals surface area (Å²) in [7, 11) is 3.47. The maximum Gasteiger partial charge on any atom is 0.257 e. The number of carbonyl (C=O) groups excluding carboxylic acids is 1. The largest absolute Gasteiger partial charge is 0.384 e. The molecule has 0 saturated carbocycles. The molecular formula is C11H17N3O. The predicted octanol–water partition coefficient (Wildman–Crippen LogP) is 1.61. The highest BCUT2D eigenvalue weighted by molar-refractivity contribution is 5.98. The topological polar surface area (TPSA) is 45.2 Å². The number of nitrogens with one attached hydrogen (secondary N) is 1. The van der Waals surface area contributed by atoms with E-state index in [1.807, 2.05) is 6.07 Å². The van der Waals surface area contributed by atoms with Gasteiger partial charge in [-0.3, -0.25) is 9.78 Å².